The van der Waals surface area contributed by atoms with Gasteiger partial charge in [0, 0.05) is 29.8 Å². The number of carbonyl (C=O) groups is 2. The van der Waals surface area contributed by atoms with Gasteiger partial charge < -0.3 is 15.5 Å². The zero-order valence-corrected chi connectivity index (χ0v) is 13.2. The molecule has 0 fully saturated rings. The smallest absolute Gasteiger partial charge is 0.271 e. The van der Waals surface area contributed by atoms with Crippen LogP contribution in [-0.4, -0.2) is 27.7 Å². The Morgan fingerprint density at radius 2 is 1.67 bits per heavy atom. The third kappa shape index (κ3) is 4.33. The predicted octanol–water partition coefficient (Wildman–Crippen LogP) is 2.21. The van der Waals surface area contributed by atoms with Crippen molar-refractivity contribution in [1.29, 1.82) is 0 Å². The fraction of sp³-hybridized carbons (Fsp3) is 0.118. The molecule has 2 rings (SSSR count). The highest BCUT2D eigenvalue weighted by atomic mass is 16.3. The largest absolute Gasteiger partial charge is 0.508 e. The first kappa shape index (κ1) is 17.0. The molecule has 0 saturated heterocycles. The first-order valence-electron chi connectivity index (χ1n) is 7.11. The summed E-state index contributed by atoms with van der Waals surface area (Å²) in [5.41, 5.74) is 4.13. The van der Waals surface area contributed by atoms with Crippen molar-refractivity contribution in [2.24, 2.45) is 5.10 Å². The summed E-state index contributed by atoms with van der Waals surface area (Å²) in [7, 11) is 0. The summed E-state index contributed by atoms with van der Waals surface area (Å²) in [5, 5.41) is 25.6. The number of hydrogen-bond acceptors (Lipinski definition) is 5. The Morgan fingerprint density at radius 3 is 2.25 bits per heavy atom. The van der Waals surface area contributed by atoms with Crippen LogP contribution in [0.5, 0.6) is 11.5 Å². The molecule has 2 aromatic carbocycles. The maximum Gasteiger partial charge on any atom is 0.271 e. The van der Waals surface area contributed by atoms with Crippen molar-refractivity contribution >= 4 is 23.2 Å². The number of amides is 2. The van der Waals surface area contributed by atoms with Crippen LogP contribution in [0, 0.1) is 0 Å². The molecular weight excluding hydrogens is 310 g/mol. The minimum absolute atomic E-state index is 0.0626. The molecule has 7 nitrogen and oxygen atoms in total. The zero-order valence-electron chi connectivity index (χ0n) is 13.2. The number of rotatable bonds is 4. The van der Waals surface area contributed by atoms with Crippen LogP contribution in [-0.2, 0) is 4.79 Å². The van der Waals surface area contributed by atoms with Gasteiger partial charge in [0.05, 0.1) is 5.71 Å². The van der Waals surface area contributed by atoms with Crippen molar-refractivity contribution in [3.63, 3.8) is 0 Å². The third-order valence-corrected chi connectivity index (χ3v) is 3.16. The van der Waals surface area contributed by atoms with Gasteiger partial charge in [0.15, 0.2) is 0 Å². The van der Waals surface area contributed by atoms with E-state index in [4.69, 9.17) is 0 Å². The lowest BCUT2D eigenvalue weighted by molar-refractivity contribution is -0.114. The lowest BCUT2D eigenvalue weighted by Gasteiger charge is -2.06. The van der Waals surface area contributed by atoms with Crippen molar-refractivity contribution in [2.75, 3.05) is 5.32 Å². The summed E-state index contributed by atoms with van der Waals surface area (Å²) in [4.78, 5) is 23.0. The molecule has 0 bridgehead atoms. The minimum Gasteiger partial charge on any atom is -0.508 e. The van der Waals surface area contributed by atoms with E-state index >= 15 is 0 Å². The molecule has 0 unspecified atom stereocenters. The molecule has 0 aliphatic heterocycles. The Hall–Kier alpha value is -3.35. The fourth-order valence-electron chi connectivity index (χ4n) is 1.99. The standard InChI is InChI=1S/C17H17N3O4/c1-10(15-8-7-14(22)9-16(15)23)19-20-17(24)12-3-5-13(6-4-12)18-11(2)21/h3-9,22-23H,1-2H3,(H,18,21)(H,20,24). The molecule has 0 saturated carbocycles. The Morgan fingerprint density at radius 1 is 1.00 bits per heavy atom. The number of nitrogens with one attached hydrogen (secondary N) is 2. The number of carbonyl (C=O) groups excluding carboxylic acids is 2. The average Bonchev–Trinajstić information content (AvgIpc) is 2.52. The Balaban J connectivity index is 2.07. The maximum atomic E-state index is 12.0. The average molecular weight is 327 g/mol. The van der Waals surface area contributed by atoms with Crippen LogP contribution in [0.2, 0.25) is 0 Å². The molecule has 0 aliphatic rings. The molecule has 0 radical (unpaired) electrons. The molecule has 0 heterocycles. The van der Waals surface area contributed by atoms with Gasteiger partial charge in [0.25, 0.3) is 5.91 Å². The topological polar surface area (TPSA) is 111 Å². The second kappa shape index (κ2) is 7.28. The van der Waals surface area contributed by atoms with Crippen LogP contribution in [0.1, 0.15) is 29.8 Å². The molecule has 2 amide bonds. The van der Waals surface area contributed by atoms with Crippen molar-refractivity contribution < 1.29 is 19.8 Å². The van der Waals surface area contributed by atoms with Gasteiger partial charge in [0.1, 0.15) is 11.5 Å². The van der Waals surface area contributed by atoms with Crippen molar-refractivity contribution in [2.45, 2.75) is 13.8 Å². The van der Waals surface area contributed by atoms with Crippen molar-refractivity contribution in [1.82, 2.24) is 5.43 Å². The molecule has 0 aromatic heterocycles. The van der Waals surface area contributed by atoms with E-state index in [2.05, 4.69) is 15.8 Å². The predicted molar refractivity (Wildman–Crippen MR) is 90.2 cm³/mol. The van der Waals surface area contributed by atoms with Crippen LogP contribution in [0.4, 0.5) is 5.69 Å². The summed E-state index contributed by atoms with van der Waals surface area (Å²) < 4.78 is 0. The molecule has 124 valence electrons. The van der Waals surface area contributed by atoms with Gasteiger partial charge in [-0.3, -0.25) is 9.59 Å². The van der Waals surface area contributed by atoms with E-state index in [0.29, 0.717) is 22.5 Å². The SMILES string of the molecule is CC(=O)Nc1ccc(C(=O)NN=C(C)c2ccc(O)cc2O)cc1. The Labute approximate surface area is 138 Å². The summed E-state index contributed by atoms with van der Waals surface area (Å²) >= 11 is 0. The van der Waals surface area contributed by atoms with Crippen molar-refractivity contribution in [3.05, 3.63) is 53.6 Å². The summed E-state index contributed by atoms with van der Waals surface area (Å²) in [6, 6.07) is 10.4. The lowest BCUT2D eigenvalue weighted by Crippen LogP contribution is -2.19. The highest BCUT2D eigenvalue weighted by Gasteiger charge is 2.08. The number of nitrogens with zero attached hydrogens (tertiary/aromatic N) is 1. The first-order valence-corrected chi connectivity index (χ1v) is 7.11. The molecule has 0 spiro atoms. The van der Waals surface area contributed by atoms with Gasteiger partial charge in [-0.15, -0.1) is 0 Å². The zero-order chi connectivity index (χ0) is 17.7. The normalized spacial score (nSPS) is 11.0. The lowest BCUT2D eigenvalue weighted by atomic mass is 10.1. The molecule has 0 aliphatic carbocycles. The van der Waals surface area contributed by atoms with Crippen LogP contribution < -0.4 is 10.7 Å². The number of phenols is 2. The molecule has 0 atom stereocenters. The van der Waals surface area contributed by atoms with Gasteiger partial charge in [0.2, 0.25) is 5.91 Å². The summed E-state index contributed by atoms with van der Waals surface area (Å²) in [5.74, 6) is -0.819. The molecule has 7 heteroatoms. The quantitative estimate of drug-likeness (QED) is 0.509. The second-order valence-electron chi connectivity index (χ2n) is 5.10. The maximum absolute atomic E-state index is 12.0. The van der Waals surface area contributed by atoms with Crippen LogP contribution in [0.25, 0.3) is 0 Å². The Bertz CT molecular complexity index is 798. The Kier molecular flexibility index (Phi) is 5.16. The third-order valence-electron chi connectivity index (χ3n) is 3.16. The van der Waals surface area contributed by atoms with E-state index in [1.54, 1.807) is 31.2 Å². The van der Waals surface area contributed by atoms with Gasteiger partial charge >= 0.3 is 0 Å². The number of phenolic OH excluding ortho intramolecular Hbond substituents is 2. The monoisotopic (exact) mass is 327 g/mol. The first-order chi connectivity index (χ1) is 11.4. The van der Waals surface area contributed by atoms with Gasteiger partial charge in [-0.25, -0.2) is 5.43 Å². The van der Waals surface area contributed by atoms with E-state index in [0.717, 1.165) is 0 Å². The molecule has 4 N–H and O–H groups in total. The molecule has 24 heavy (non-hydrogen) atoms. The highest BCUT2D eigenvalue weighted by Crippen LogP contribution is 2.23. The summed E-state index contributed by atoms with van der Waals surface area (Å²) in [6.45, 7) is 3.02. The number of benzene rings is 2. The fourth-order valence-corrected chi connectivity index (χ4v) is 1.99. The van der Waals surface area contributed by atoms with E-state index in [1.807, 2.05) is 0 Å². The van der Waals surface area contributed by atoms with E-state index in [-0.39, 0.29) is 17.4 Å². The van der Waals surface area contributed by atoms with E-state index < -0.39 is 5.91 Å². The van der Waals surface area contributed by atoms with Crippen molar-refractivity contribution in [3.8, 4) is 11.5 Å². The number of aromatic hydroxyl groups is 2. The van der Waals surface area contributed by atoms with Crippen LogP contribution >= 0.6 is 0 Å². The van der Waals surface area contributed by atoms with Crippen LogP contribution in [0.15, 0.2) is 47.6 Å². The summed E-state index contributed by atoms with van der Waals surface area (Å²) in [6.07, 6.45) is 0. The van der Waals surface area contributed by atoms with Crippen LogP contribution in [0.3, 0.4) is 0 Å². The number of hydrogen-bond donors (Lipinski definition) is 4. The number of anilines is 1. The van der Waals surface area contributed by atoms with E-state index in [1.165, 1.54) is 25.1 Å². The molecule has 2 aromatic rings. The number of hydrazone groups is 1. The van der Waals surface area contributed by atoms with E-state index in [9.17, 15) is 19.8 Å². The molecular formula is C17H17N3O4. The highest BCUT2D eigenvalue weighted by molar-refractivity contribution is 6.02. The van der Waals surface area contributed by atoms with Gasteiger partial charge in [-0.1, -0.05) is 0 Å². The van der Waals surface area contributed by atoms with Gasteiger partial charge in [-0.2, -0.15) is 5.10 Å². The minimum atomic E-state index is -0.429. The second-order valence-corrected chi connectivity index (χ2v) is 5.10. The van der Waals surface area contributed by atoms with Gasteiger partial charge in [-0.05, 0) is 43.3 Å².